The highest BCUT2D eigenvalue weighted by Crippen LogP contribution is 1.92. The number of hydrogen-bond donors (Lipinski definition) is 2. The Bertz CT molecular complexity index is 469. The molecule has 0 rings (SSSR count). The van der Waals surface area contributed by atoms with E-state index in [0.29, 0.717) is 0 Å². The highest BCUT2D eigenvalue weighted by molar-refractivity contribution is 5.87. The summed E-state index contributed by atoms with van der Waals surface area (Å²) in [5.41, 5.74) is 0.457. The summed E-state index contributed by atoms with van der Waals surface area (Å²) in [5.74, 6) is -1.18. The van der Waals surface area contributed by atoms with Gasteiger partial charge in [-0.3, -0.25) is 0 Å². The zero-order chi connectivity index (χ0) is 18.5. The van der Waals surface area contributed by atoms with E-state index in [1.165, 1.54) is 13.8 Å². The molecule has 0 aromatic carbocycles. The van der Waals surface area contributed by atoms with E-state index in [-0.39, 0.29) is 37.4 Å². The zero-order valence-electron chi connectivity index (χ0n) is 13.5. The van der Waals surface area contributed by atoms with Crippen LogP contribution in [0, 0.1) is 0 Å². The van der Waals surface area contributed by atoms with Crippen molar-refractivity contribution >= 4 is 24.1 Å². The normalized spacial score (nSPS) is 9.25. The van der Waals surface area contributed by atoms with Crippen LogP contribution >= 0.6 is 0 Å². The van der Waals surface area contributed by atoms with Gasteiger partial charge >= 0.3 is 24.1 Å². The number of nitrogens with one attached hydrogen (secondary N) is 2. The van der Waals surface area contributed by atoms with E-state index in [1.54, 1.807) is 0 Å². The second-order valence-electron chi connectivity index (χ2n) is 4.43. The molecule has 0 atom stereocenters. The lowest BCUT2D eigenvalue weighted by Crippen LogP contribution is -2.33. The third-order valence-electron chi connectivity index (χ3n) is 2.10. The molecule has 0 saturated heterocycles. The minimum Gasteiger partial charge on any atom is -0.460 e. The quantitative estimate of drug-likeness (QED) is 0.215. The van der Waals surface area contributed by atoms with Crippen LogP contribution in [0.4, 0.5) is 9.59 Å². The summed E-state index contributed by atoms with van der Waals surface area (Å²) in [6.07, 6.45) is -2.10. The van der Waals surface area contributed by atoms with Gasteiger partial charge in [0.2, 0.25) is 0 Å². The Kier molecular flexibility index (Phi) is 10.1. The Hall–Kier alpha value is -3.04. The molecule has 0 aromatic rings. The van der Waals surface area contributed by atoms with E-state index >= 15 is 0 Å². The minimum atomic E-state index is -1.05. The molecule has 10 nitrogen and oxygen atoms in total. The number of hydrogen-bond acceptors (Lipinski definition) is 8. The van der Waals surface area contributed by atoms with E-state index < -0.39 is 24.1 Å². The van der Waals surface area contributed by atoms with Crippen LogP contribution in [0.25, 0.3) is 0 Å². The van der Waals surface area contributed by atoms with E-state index in [1.807, 2.05) is 0 Å². The molecular formula is C14H20N2O8. The summed E-state index contributed by atoms with van der Waals surface area (Å²) in [5, 5.41) is 4.35. The third kappa shape index (κ3) is 10.7. The van der Waals surface area contributed by atoms with Crippen LogP contribution in [0.2, 0.25) is 0 Å². The van der Waals surface area contributed by atoms with Crippen molar-refractivity contribution in [2.24, 2.45) is 0 Å². The summed E-state index contributed by atoms with van der Waals surface area (Å²) in [6.45, 7) is 9.46. The van der Waals surface area contributed by atoms with E-state index in [4.69, 9.17) is 9.47 Å². The summed E-state index contributed by atoms with van der Waals surface area (Å²) in [6, 6.07) is 0. The fourth-order valence-electron chi connectivity index (χ4n) is 0.975. The molecule has 0 bridgehead atoms. The van der Waals surface area contributed by atoms with Gasteiger partial charge in [-0.05, 0) is 13.8 Å². The van der Waals surface area contributed by atoms with Gasteiger partial charge in [-0.2, -0.15) is 0 Å². The number of carbonyl (C=O) groups excluding carboxylic acids is 4. The largest absolute Gasteiger partial charge is 0.460 e. The second kappa shape index (κ2) is 11.5. The number of ether oxygens (including phenoxy) is 2. The first kappa shape index (κ1) is 21.0. The molecule has 0 fully saturated rings. The SMILES string of the molecule is C=C(C)C(=O)OCCNC(=O)OOC(=O)NCCOC(=O)C(=C)C. The molecule has 0 spiro atoms. The van der Waals surface area contributed by atoms with E-state index in [9.17, 15) is 19.2 Å². The topological polar surface area (TPSA) is 129 Å². The lowest BCUT2D eigenvalue weighted by molar-refractivity contribution is -0.179. The number of esters is 2. The van der Waals surface area contributed by atoms with Crippen molar-refractivity contribution < 1.29 is 38.4 Å². The molecule has 0 radical (unpaired) electrons. The van der Waals surface area contributed by atoms with Gasteiger partial charge in [-0.1, -0.05) is 13.2 Å². The summed E-state index contributed by atoms with van der Waals surface area (Å²) >= 11 is 0. The maximum Gasteiger partial charge on any atom is 0.450 e. The van der Waals surface area contributed by atoms with Crippen LogP contribution in [-0.4, -0.2) is 50.4 Å². The van der Waals surface area contributed by atoms with E-state index in [0.717, 1.165) is 0 Å². The van der Waals surface area contributed by atoms with Crippen molar-refractivity contribution in [1.29, 1.82) is 0 Å². The van der Waals surface area contributed by atoms with Gasteiger partial charge in [0.15, 0.2) is 0 Å². The van der Waals surface area contributed by atoms with Gasteiger partial charge in [0.1, 0.15) is 13.2 Å². The van der Waals surface area contributed by atoms with Crippen LogP contribution in [-0.2, 0) is 28.8 Å². The molecule has 2 N–H and O–H groups in total. The Labute approximate surface area is 138 Å². The number of rotatable bonds is 8. The molecule has 0 aliphatic rings. The summed E-state index contributed by atoms with van der Waals surface area (Å²) in [7, 11) is 0. The Morgan fingerprint density at radius 1 is 0.750 bits per heavy atom. The molecule has 0 aliphatic heterocycles. The molecule has 2 amide bonds. The molecule has 0 saturated carbocycles. The Balaban J connectivity index is 3.66. The van der Waals surface area contributed by atoms with Gasteiger partial charge < -0.3 is 20.1 Å². The average Bonchev–Trinajstić information content (AvgIpc) is 2.52. The number of carbonyl (C=O) groups is 4. The second-order valence-corrected chi connectivity index (χ2v) is 4.43. The van der Waals surface area contributed by atoms with Crippen molar-refractivity contribution in [1.82, 2.24) is 10.6 Å². The molecule has 10 heteroatoms. The maximum absolute atomic E-state index is 11.1. The Morgan fingerprint density at radius 2 is 1.08 bits per heavy atom. The molecule has 0 aliphatic carbocycles. The minimum absolute atomic E-state index is 0.0420. The highest BCUT2D eigenvalue weighted by Gasteiger charge is 2.10. The first-order valence-electron chi connectivity index (χ1n) is 6.79. The van der Waals surface area contributed by atoms with Crippen LogP contribution in [0.1, 0.15) is 13.8 Å². The molecule has 0 aromatic heterocycles. The molecule has 0 heterocycles. The van der Waals surface area contributed by atoms with Crippen LogP contribution < -0.4 is 10.6 Å². The van der Waals surface area contributed by atoms with Crippen molar-refractivity contribution in [3.63, 3.8) is 0 Å². The van der Waals surface area contributed by atoms with Gasteiger partial charge in [0.25, 0.3) is 0 Å². The smallest absolute Gasteiger partial charge is 0.450 e. The van der Waals surface area contributed by atoms with Crippen LogP contribution in [0.15, 0.2) is 24.3 Å². The maximum atomic E-state index is 11.1. The lowest BCUT2D eigenvalue weighted by atomic mass is 10.4. The summed E-state index contributed by atoms with van der Waals surface area (Å²) < 4.78 is 9.41. The highest BCUT2D eigenvalue weighted by atomic mass is 17.2. The first-order valence-corrected chi connectivity index (χ1v) is 6.79. The molecule has 134 valence electrons. The Morgan fingerprint density at radius 3 is 1.38 bits per heavy atom. The van der Waals surface area contributed by atoms with Gasteiger partial charge in [0, 0.05) is 11.1 Å². The van der Waals surface area contributed by atoms with E-state index in [2.05, 4.69) is 33.6 Å². The van der Waals surface area contributed by atoms with Crippen molar-refractivity contribution in [3.8, 4) is 0 Å². The van der Waals surface area contributed by atoms with Gasteiger partial charge in [0.05, 0.1) is 13.1 Å². The molecular weight excluding hydrogens is 324 g/mol. The fraction of sp³-hybridized carbons (Fsp3) is 0.429. The van der Waals surface area contributed by atoms with Gasteiger partial charge in [-0.25, -0.2) is 29.0 Å². The first-order chi connectivity index (χ1) is 11.2. The van der Waals surface area contributed by atoms with Gasteiger partial charge in [-0.15, -0.1) is 0 Å². The fourth-order valence-corrected chi connectivity index (χ4v) is 0.975. The predicted molar refractivity (Wildman–Crippen MR) is 80.5 cm³/mol. The predicted octanol–water partition coefficient (Wildman–Crippen LogP) is 0.592. The number of amides is 2. The molecule has 24 heavy (non-hydrogen) atoms. The zero-order valence-corrected chi connectivity index (χ0v) is 13.5. The summed E-state index contributed by atoms with van der Waals surface area (Å²) in [4.78, 5) is 52.6. The van der Waals surface area contributed by atoms with Crippen molar-refractivity contribution in [2.45, 2.75) is 13.8 Å². The monoisotopic (exact) mass is 344 g/mol. The standard InChI is InChI=1S/C14H20N2O8/c1-9(2)11(17)21-7-5-15-13(19)23-24-14(20)16-6-8-22-12(18)10(3)4/h1,3,5-8H2,2,4H3,(H,15,19)(H,16,20). The van der Waals surface area contributed by atoms with Crippen LogP contribution in [0.3, 0.4) is 0 Å². The van der Waals surface area contributed by atoms with Crippen LogP contribution in [0.5, 0.6) is 0 Å². The average molecular weight is 344 g/mol. The molecule has 0 unspecified atom stereocenters. The van der Waals surface area contributed by atoms with Crippen molar-refractivity contribution in [3.05, 3.63) is 24.3 Å². The lowest BCUT2D eigenvalue weighted by Gasteiger charge is -2.07. The third-order valence-corrected chi connectivity index (χ3v) is 2.10. The van der Waals surface area contributed by atoms with Crippen molar-refractivity contribution in [2.75, 3.05) is 26.3 Å².